The number of carbonyl (C=O) groups excluding carboxylic acids is 2. The van der Waals surface area contributed by atoms with Gasteiger partial charge in [-0.2, -0.15) is 0 Å². The van der Waals surface area contributed by atoms with Crippen LogP contribution < -0.4 is 10.6 Å². The average molecular weight is 287 g/mol. The average Bonchev–Trinajstić information content (AvgIpc) is 2.85. The number of rotatable bonds is 2. The zero-order chi connectivity index (χ0) is 14.0. The Hall–Kier alpha value is -1.90. The summed E-state index contributed by atoms with van der Waals surface area (Å²) in [5, 5.41) is 8.13. The highest BCUT2D eigenvalue weighted by Crippen LogP contribution is 2.11. The fourth-order valence-corrected chi connectivity index (χ4v) is 3.43. The minimum absolute atomic E-state index is 0.0298. The van der Waals surface area contributed by atoms with Crippen LogP contribution in [0.15, 0.2) is 10.6 Å². The lowest BCUT2D eigenvalue weighted by Crippen LogP contribution is -2.42. The molecule has 0 saturated carbocycles. The van der Waals surface area contributed by atoms with E-state index in [-0.39, 0.29) is 17.3 Å². The van der Waals surface area contributed by atoms with Gasteiger partial charge in [-0.15, -0.1) is 0 Å². The number of hydrogen-bond donors (Lipinski definition) is 2. The van der Waals surface area contributed by atoms with E-state index in [1.54, 1.807) is 6.92 Å². The summed E-state index contributed by atoms with van der Waals surface area (Å²) >= 11 is 0. The Kier molecular flexibility index (Phi) is 3.56. The van der Waals surface area contributed by atoms with Crippen LogP contribution in [0.3, 0.4) is 0 Å². The van der Waals surface area contributed by atoms with Crippen molar-refractivity contribution in [3.63, 3.8) is 0 Å². The normalized spacial score (nSPS) is 21.0. The van der Waals surface area contributed by atoms with Crippen molar-refractivity contribution in [1.82, 2.24) is 10.5 Å². The summed E-state index contributed by atoms with van der Waals surface area (Å²) in [5.74, 6) is -1.26. The molecule has 2 heterocycles. The maximum Gasteiger partial charge on any atom is 0.314 e. The molecule has 1 fully saturated rings. The summed E-state index contributed by atoms with van der Waals surface area (Å²) in [4.78, 5) is 23.1. The van der Waals surface area contributed by atoms with E-state index in [0.29, 0.717) is 12.2 Å². The van der Waals surface area contributed by atoms with E-state index in [1.807, 2.05) is 0 Å². The van der Waals surface area contributed by atoms with Gasteiger partial charge in [-0.1, -0.05) is 5.16 Å². The van der Waals surface area contributed by atoms with Crippen LogP contribution in [0.2, 0.25) is 0 Å². The maximum atomic E-state index is 11.5. The van der Waals surface area contributed by atoms with Gasteiger partial charge in [0.25, 0.3) is 0 Å². The van der Waals surface area contributed by atoms with Gasteiger partial charge in [-0.25, -0.2) is 8.42 Å². The molecule has 2 N–H and O–H groups in total. The van der Waals surface area contributed by atoms with Gasteiger partial charge in [0, 0.05) is 12.1 Å². The molecule has 1 atom stereocenters. The number of carbonyl (C=O) groups is 2. The molecular weight excluding hydrogens is 274 g/mol. The number of amides is 2. The predicted octanol–water partition coefficient (Wildman–Crippen LogP) is -0.775. The summed E-state index contributed by atoms with van der Waals surface area (Å²) in [5.41, 5.74) is 0. The van der Waals surface area contributed by atoms with Crippen molar-refractivity contribution in [2.24, 2.45) is 0 Å². The third-order valence-corrected chi connectivity index (χ3v) is 4.41. The highest BCUT2D eigenvalue weighted by Gasteiger charge is 2.30. The van der Waals surface area contributed by atoms with Crippen molar-refractivity contribution in [2.45, 2.75) is 19.4 Å². The van der Waals surface area contributed by atoms with Gasteiger partial charge in [-0.05, 0) is 13.3 Å². The summed E-state index contributed by atoms with van der Waals surface area (Å²) in [6.07, 6.45) is 0.324. The SMILES string of the molecule is Cc1cc(NC(=O)C(=O)NC2CCS(=O)(=O)C2)no1. The summed E-state index contributed by atoms with van der Waals surface area (Å²) < 4.78 is 27.2. The van der Waals surface area contributed by atoms with Gasteiger partial charge in [-0.3, -0.25) is 14.9 Å². The molecule has 8 nitrogen and oxygen atoms in total. The van der Waals surface area contributed by atoms with Crippen LogP contribution in [-0.2, 0) is 19.4 Å². The van der Waals surface area contributed by atoms with E-state index in [4.69, 9.17) is 4.52 Å². The summed E-state index contributed by atoms with van der Waals surface area (Å²) in [7, 11) is -3.10. The molecule has 19 heavy (non-hydrogen) atoms. The maximum absolute atomic E-state index is 11.5. The first-order valence-electron chi connectivity index (χ1n) is 5.61. The first-order chi connectivity index (χ1) is 8.85. The molecule has 0 radical (unpaired) electrons. The van der Waals surface area contributed by atoms with Crippen molar-refractivity contribution in [2.75, 3.05) is 16.8 Å². The Bertz CT molecular complexity index is 606. The zero-order valence-electron chi connectivity index (χ0n) is 10.2. The Morgan fingerprint density at radius 2 is 2.16 bits per heavy atom. The minimum Gasteiger partial charge on any atom is -0.360 e. The third-order valence-electron chi connectivity index (χ3n) is 2.64. The van der Waals surface area contributed by atoms with Crippen LogP contribution in [-0.4, -0.2) is 42.9 Å². The van der Waals surface area contributed by atoms with Crippen LogP contribution in [0.5, 0.6) is 0 Å². The van der Waals surface area contributed by atoms with Gasteiger partial charge >= 0.3 is 11.8 Å². The van der Waals surface area contributed by atoms with Crippen molar-refractivity contribution in [3.05, 3.63) is 11.8 Å². The predicted molar refractivity (Wildman–Crippen MR) is 65.1 cm³/mol. The van der Waals surface area contributed by atoms with Crippen molar-refractivity contribution in [3.8, 4) is 0 Å². The molecule has 0 aliphatic carbocycles. The van der Waals surface area contributed by atoms with Crippen LogP contribution in [0, 0.1) is 6.92 Å². The van der Waals surface area contributed by atoms with Crippen molar-refractivity contribution >= 4 is 27.5 Å². The van der Waals surface area contributed by atoms with Gasteiger partial charge in [0.1, 0.15) is 5.76 Å². The van der Waals surface area contributed by atoms with Gasteiger partial charge in [0.05, 0.1) is 11.5 Å². The molecule has 2 amide bonds. The number of hydrogen-bond acceptors (Lipinski definition) is 6. The van der Waals surface area contributed by atoms with E-state index < -0.39 is 27.7 Å². The standard InChI is InChI=1S/C10H13N3O5S/c1-6-4-8(13-18-6)12-10(15)9(14)11-7-2-3-19(16,17)5-7/h4,7H,2-3,5H2,1H3,(H,11,14)(H,12,13,15). The van der Waals surface area contributed by atoms with E-state index in [0.717, 1.165) is 0 Å². The molecular formula is C10H13N3O5S. The summed E-state index contributed by atoms with van der Waals surface area (Å²) in [6, 6.07) is 0.952. The smallest absolute Gasteiger partial charge is 0.314 e. The molecule has 1 aliphatic heterocycles. The quantitative estimate of drug-likeness (QED) is 0.689. The fraction of sp³-hybridized carbons (Fsp3) is 0.500. The Balaban J connectivity index is 1.88. The Labute approximate surface area is 109 Å². The molecule has 1 unspecified atom stereocenters. The van der Waals surface area contributed by atoms with Crippen LogP contribution in [0.25, 0.3) is 0 Å². The second-order valence-corrected chi connectivity index (χ2v) is 6.58. The zero-order valence-corrected chi connectivity index (χ0v) is 11.0. The van der Waals surface area contributed by atoms with Crippen LogP contribution >= 0.6 is 0 Å². The second-order valence-electron chi connectivity index (χ2n) is 4.35. The highest BCUT2D eigenvalue weighted by molar-refractivity contribution is 7.91. The number of nitrogens with one attached hydrogen (secondary N) is 2. The third kappa shape index (κ3) is 3.53. The lowest BCUT2D eigenvalue weighted by atomic mass is 10.2. The molecule has 104 valence electrons. The van der Waals surface area contributed by atoms with Crippen molar-refractivity contribution in [1.29, 1.82) is 0 Å². The highest BCUT2D eigenvalue weighted by atomic mass is 32.2. The molecule has 9 heteroatoms. The molecule has 0 bridgehead atoms. The van der Waals surface area contributed by atoms with Crippen LogP contribution in [0.1, 0.15) is 12.2 Å². The Morgan fingerprint density at radius 1 is 1.42 bits per heavy atom. The molecule has 1 aromatic heterocycles. The summed E-state index contributed by atoms with van der Waals surface area (Å²) in [6.45, 7) is 1.64. The number of anilines is 1. The van der Waals surface area contributed by atoms with E-state index in [1.165, 1.54) is 6.07 Å². The molecule has 2 rings (SSSR count). The fourth-order valence-electron chi connectivity index (χ4n) is 1.76. The van der Waals surface area contributed by atoms with E-state index in [2.05, 4.69) is 15.8 Å². The first kappa shape index (κ1) is 13.5. The lowest BCUT2D eigenvalue weighted by molar-refractivity contribution is -0.136. The number of nitrogens with zero attached hydrogens (tertiary/aromatic N) is 1. The monoisotopic (exact) mass is 287 g/mol. The number of sulfone groups is 1. The molecule has 0 spiro atoms. The second kappa shape index (κ2) is 5.00. The van der Waals surface area contributed by atoms with E-state index in [9.17, 15) is 18.0 Å². The Morgan fingerprint density at radius 3 is 2.68 bits per heavy atom. The largest absolute Gasteiger partial charge is 0.360 e. The number of aryl methyl sites for hydroxylation is 1. The van der Waals surface area contributed by atoms with Crippen molar-refractivity contribution < 1.29 is 22.5 Å². The first-order valence-corrected chi connectivity index (χ1v) is 7.43. The molecule has 1 aliphatic rings. The van der Waals surface area contributed by atoms with Crippen LogP contribution in [0.4, 0.5) is 5.82 Å². The van der Waals surface area contributed by atoms with E-state index >= 15 is 0 Å². The lowest BCUT2D eigenvalue weighted by Gasteiger charge is -2.09. The minimum atomic E-state index is -3.10. The number of aromatic nitrogens is 1. The molecule has 0 aromatic carbocycles. The van der Waals surface area contributed by atoms with Gasteiger partial charge in [0.2, 0.25) is 0 Å². The topological polar surface area (TPSA) is 118 Å². The molecule has 1 aromatic rings. The molecule has 1 saturated heterocycles. The van der Waals surface area contributed by atoms with Gasteiger partial charge < -0.3 is 9.84 Å². The van der Waals surface area contributed by atoms with Gasteiger partial charge in [0.15, 0.2) is 15.7 Å².